The lowest BCUT2D eigenvalue weighted by molar-refractivity contribution is -0.139. The van der Waals surface area contributed by atoms with Gasteiger partial charge in [-0.2, -0.15) is 0 Å². The van der Waals surface area contributed by atoms with Crippen LogP contribution >= 0.6 is 0 Å². The summed E-state index contributed by atoms with van der Waals surface area (Å²) in [5, 5.41) is 8.76. The molecule has 0 aromatic carbocycles. The zero-order chi connectivity index (χ0) is 11.7. The predicted octanol–water partition coefficient (Wildman–Crippen LogP) is 2.21. The molecule has 0 bridgehead atoms. The van der Waals surface area contributed by atoms with Crippen LogP contribution in [-0.2, 0) is 9.53 Å². The van der Waals surface area contributed by atoms with Gasteiger partial charge in [-0.3, -0.25) is 4.79 Å². The van der Waals surface area contributed by atoms with Crippen molar-refractivity contribution >= 4 is 5.97 Å². The third-order valence-corrected chi connectivity index (χ3v) is 2.00. The van der Waals surface area contributed by atoms with Gasteiger partial charge in [0.1, 0.15) is 6.61 Å². The Balaban J connectivity index is 3.73. The first-order valence-electron chi connectivity index (χ1n) is 5.11. The van der Waals surface area contributed by atoms with Crippen LogP contribution in [0.1, 0.15) is 33.6 Å². The van der Waals surface area contributed by atoms with Gasteiger partial charge in [0.05, 0.1) is 6.61 Å². The number of hydrogen-bond donors (Lipinski definition) is 1. The molecule has 0 atom stereocenters. The Hall–Kier alpha value is -1.09. The van der Waals surface area contributed by atoms with Crippen molar-refractivity contribution in [2.75, 3.05) is 13.2 Å². The molecule has 0 fully saturated rings. The highest BCUT2D eigenvalue weighted by Gasteiger charge is 1.92. The monoisotopic (exact) mass is 212 g/mol. The summed E-state index contributed by atoms with van der Waals surface area (Å²) in [5.41, 5.74) is 2.18. The van der Waals surface area contributed by atoms with Crippen LogP contribution in [0.5, 0.6) is 0 Å². The maximum atomic E-state index is 10.5. The van der Waals surface area contributed by atoms with Gasteiger partial charge in [-0.15, -0.1) is 0 Å². The van der Waals surface area contributed by atoms with E-state index in [4.69, 9.17) is 9.84 Å². The van der Waals surface area contributed by atoms with Crippen molar-refractivity contribution in [3.8, 4) is 0 Å². The number of carbonyl (C=O) groups excluding carboxylic acids is 1. The molecule has 3 heteroatoms. The molecular weight excluding hydrogens is 192 g/mol. The summed E-state index contributed by atoms with van der Waals surface area (Å²) in [6.45, 7) is 5.78. The van der Waals surface area contributed by atoms with Crippen molar-refractivity contribution in [3.05, 3.63) is 23.3 Å². The summed E-state index contributed by atoms with van der Waals surface area (Å²) in [6.07, 6.45) is 5.76. The van der Waals surface area contributed by atoms with Crippen molar-refractivity contribution in [3.63, 3.8) is 0 Å². The molecule has 0 unspecified atom stereocenters. The quantitative estimate of drug-likeness (QED) is 0.542. The van der Waals surface area contributed by atoms with Gasteiger partial charge in [0.15, 0.2) is 0 Å². The summed E-state index contributed by atoms with van der Waals surface area (Å²) in [5.74, 6) is -0.255. The maximum Gasteiger partial charge on any atom is 0.302 e. The minimum atomic E-state index is -0.255. The molecule has 0 amide bonds. The Kier molecular flexibility index (Phi) is 7.64. The number of aliphatic hydroxyl groups excluding tert-OH is 1. The van der Waals surface area contributed by atoms with Gasteiger partial charge in [-0.05, 0) is 32.8 Å². The van der Waals surface area contributed by atoms with Crippen molar-refractivity contribution < 1.29 is 14.6 Å². The molecule has 0 aliphatic heterocycles. The predicted molar refractivity (Wildman–Crippen MR) is 60.5 cm³/mol. The van der Waals surface area contributed by atoms with Crippen LogP contribution in [0.3, 0.4) is 0 Å². The van der Waals surface area contributed by atoms with E-state index in [1.807, 2.05) is 26.0 Å². The standard InChI is InChI=1S/C12H20O3/c1-10(7-8-15-12(3)14)5-4-6-11(2)9-13/h6-7,13H,4-5,8-9H2,1-3H3/b10-7+,11-6+. The van der Waals surface area contributed by atoms with E-state index in [1.54, 1.807) is 0 Å². The van der Waals surface area contributed by atoms with Crippen LogP contribution in [0.2, 0.25) is 0 Å². The van der Waals surface area contributed by atoms with E-state index in [9.17, 15) is 4.79 Å². The second-order valence-corrected chi connectivity index (χ2v) is 3.60. The number of rotatable bonds is 6. The first-order valence-corrected chi connectivity index (χ1v) is 5.11. The Labute approximate surface area is 91.4 Å². The summed E-state index contributed by atoms with van der Waals surface area (Å²) < 4.78 is 4.79. The molecule has 0 aliphatic rings. The second-order valence-electron chi connectivity index (χ2n) is 3.60. The van der Waals surface area contributed by atoms with Gasteiger partial charge in [0.25, 0.3) is 0 Å². The SMILES string of the molecule is CC(=O)OC/C=C(\C)CC/C=C(\C)CO. The minimum Gasteiger partial charge on any atom is -0.462 e. The summed E-state index contributed by atoms with van der Waals surface area (Å²) >= 11 is 0. The molecule has 15 heavy (non-hydrogen) atoms. The molecule has 0 aromatic heterocycles. The number of esters is 1. The van der Waals surface area contributed by atoms with Gasteiger partial charge in [0.2, 0.25) is 0 Å². The van der Waals surface area contributed by atoms with E-state index < -0.39 is 0 Å². The highest BCUT2D eigenvalue weighted by Crippen LogP contribution is 2.06. The Bertz CT molecular complexity index is 252. The van der Waals surface area contributed by atoms with Gasteiger partial charge in [-0.25, -0.2) is 0 Å². The molecule has 3 nitrogen and oxygen atoms in total. The third-order valence-electron chi connectivity index (χ3n) is 2.00. The fourth-order valence-corrected chi connectivity index (χ4v) is 1.01. The van der Waals surface area contributed by atoms with Crippen LogP contribution < -0.4 is 0 Å². The van der Waals surface area contributed by atoms with Gasteiger partial charge < -0.3 is 9.84 Å². The minimum absolute atomic E-state index is 0.121. The molecule has 1 N–H and O–H groups in total. The lowest BCUT2D eigenvalue weighted by Gasteiger charge is -2.00. The van der Waals surface area contributed by atoms with Crippen LogP contribution in [0.4, 0.5) is 0 Å². The zero-order valence-electron chi connectivity index (χ0n) is 9.75. The van der Waals surface area contributed by atoms with E-state index in [2.05, 4.69) is 0 Å². The molecule has 0 aromatic rings. The van der Waals surface area contributed by atoms with Crippen LogP contribution in [0.15, 0.2) is 23.3 Å². The number of allylic oxidation sites excluding steroid dienone is 2. The molecule has 0 aliphatic carbocycles. The first-order chi connectivity index (χ1) is 7.06. The van der Waals surface area contributed by atoms with E-state index >= 15 is 0 Å². The number of hydrogen-bond acceptors (Lipinski definition) is 3. The molecule has 0 saturated heterocycles. The molecule has 0 saturated carbocycles. The topological polar surface area (TPSA) is 46.5 Å². The number of carbonyl (C=O) groups is 1. The lowest BCUT2D eigenvalue weighted by Crippen LogP contribution is -1.98. The number of ether oxygens (including phenoxy) is 1. The van der Waals surface area contributed by atoms with Crippen LogP contribution in [0, 0.1) is 0 Å². The van der Waals surface area contributed by atoms with Gasteiger partial charge in [0, 0.05) is 6.92 Å². The van der Waals surface area contributed by atoms with Crippen LogP contribution in [0.25, 0.3) is 0 Å². The Morgan fingerprint density at radius 1 is 1.20 bits per heavy atom. The Morgan fingerprint density at radius 3 is 2.40 bits per heavy atom. The van der Waals surface area contributed by atoms with Gasteiger partial charge in [-0.1, -0.05) is 17.2 Å². The highest BCUT2D eigenvalue weighted by molar-refractivity contribution is 5.66. The highest BCUT2D eigenvalue weighted by atomic mass is 16.5. The fourth-order valence-electron chi connectivity index (χ4n) is 1.01. The third kappa shape index (κ3) is 9.22. The molecule has 86 valence electrons. The smallest absolute Gasteiger partial charge is 0.302 e. The average Bonchev–Trinajstić information content (AvgIpc) is 2.17. The van der Waals surface area contributed by atoms with E-state index in [-0.39, 0.29) is 12.6 Å². The Morgan fingerprint density at radius 2 is 1.87 bits per heavy atom. The van der Waals surface area contributed by atoms with Crippen molar-refractivity contribution in [2.45, 2.75) is 33.6 Å². The fraction of sp³-hybridized carbons (Fsp3) is 0.583. The normalized spacial score (nSPS) is 12.8. The average molecular weight is 212 g/mol. The zero-order valence-corrected chi connectivity index (χ0v) is 9.75. The summed E-state index contributed by atoms with van der Waals surface area (Å²) in [7, 11) is 0. The maximum absolute atomic E-state index is 10.5. The van der Waals surface area contributed by atoms with E-state index in [1.165, 1.54) is 12.5 Å². The van der Waals surface area contributed by atoms with E-state index in [0.717, 1.165) is 18.4 Å². The second kappa shape index (κ2) is 8.24. The van der Waals surface area contributed by atoms with Gasteiger partial charge >= 0.3 is 5.97 Å². The van der Waals surface area contributed by atoms with Crippen molar-refractivity contribution in [2.24, 2.45) is 0 Å². The molecule has 0 spiro atoms. The van der Waals surface area contributed by atoms with Crippen molar-refractivity contribution in [1.29, 1.82) is 0 Å². The summed E-state index contributed by atoms with van der Waals surface area (Å²) in [4.78, 5) is 10.5. The molecule has 0 rings (SSSR count). The van der Waals surface area contributed by atoms with E-state index in [0.29, 0.717) is 6.61 Å². The molecule has 0 heterocycles. The number of aliphatic hydroxyl groups is 1. The largest absolute Gasteiger partial charge is 0.462 e. The molecule has 0 radical (unpaired) electrons. The van der Waals surface area contributed by atoms with Crippen LogP contribution in [-0.4, -0.2) is 24.3 Å². The lowest BCUT2D eigenvalue weighted by atomic mass is 10.1. The first kappa shape index (κ1) is 13.9. The molecular formula is C12H20O3. The van der Waals surface area contributed by atoms with Crippen molar-refractivity contribution in [1.82, 2.24) is 0 Å². The summed E-state index contributed by atoms with van der Waals surface area (Å²) in [6, 6.07) is 0.